The number of halogens is 2. The summed E-state index contributed by atoms with van der Waals surface area (Å²) in [5.74, 6) is 1.21. The fraction of sp³-hybridized carbons (Fsp3) is 0.0625. The number of hydrogen-bond donors (Lipinski definition) is 0. The van der Waals surface area contributed by atoms with Crippen LogP contribution in [0.1, 0.15) is 0 Å². The molecule has 0 aliphatic heterocycles. The first kappa shape index (κ1) is 14.2. The van der Waals surface area contributed by atoms with Gasteiger partial charge >= 0.3 is 0 Å². The van der Waals surface area contributed by atoms with E-state index in [-0.39, 0.29) is 5.43 Å². The van der Waals surface area contributed by atoms with Gasteiger partial charge in [-0.05, 0) is 36.4 Å². The molecule has 0 saturated carbocycles. The Kier molecular flexibility index (Phi) is 3.74. The van der Waals surface area contributed by atoms with E-state index in [0.717, 1.165) is 15.8 Å². The molecule has 0 amide bonds. The van der Waals surface area contributed by atoms with E-state index in [1.165, 1.54) is 6.07 Å². The number of methoxy groups -OCH3 is 1. The van der Waals surface area contributed by atoms with Gasteiger partial charge in [0.1, 0.15) is 11.5 Å². The van der Waals surface area contributed by atoms with E-state index in [1.54, 1.807) is 19.2 Å². The molecule has 2 aromatic carbocycles. The van der Waals surface area contributed by atoms with Crippen molar-refractivity contribution in [3.05, 3.63) is 62.2 Å². The summed E-state index contributed by atoms with van der Waals surface area (Å²) >= 11 is 9.48. The van der Waals surface area contributed by atoms with Crippen LogP contribution in [0.2, 0.25) is 5.02 Å². The zero-order valence-corrected chi connectivity index (χ0v) is 13.4. The van der Waals surface area contributed by atoms with Crippen LogP contribution in [0.25, 0.3) is 22.3 Å². The lowest BCUT2D eigenvalue weighted by Gasteiger charge is -2.06. The standard InChI is InChI=1S/C16H10BrClO3/c1-20-11-4-2-9(3-5-11)15-8-14(19)12-6-10(17)7-13(18)16(12)21-15/h2-8H,1H3. The highest BCUT2D eigenvalue weighted by atomic mass is 79.9. The molecule has 5 heteroatoms. The van der Waals surface area contributed by atoms with Gasteiger partial charge in [0.15, 0.2) is 11.0 Å². The van der Waals surface area contributed by atoms with Gasteiger partial charge in [0.05, 0.1) is 17.5 Å². The highest BCUT2D eigenvalue weighted by Crippen LogP contribution is 2.30. The van der Waals surface area contributed by atoms with Crippen molar-refractivity contribution in [1.82, 2.24) is 0 Å². The van der Waals surface area contributed by atoms with Crippen molar-refractivity contribution in [2.45, 2.75) is 0 Å². The third-order valence-corrected chi connectivity index (χ3v) is 3.86. The molecule has 3 nitrogen and oxygen atoms in total. The number of ether oxygens (including phenoxy) is 1. The molecule has 1 aromatic heterocycles. The molecule has 1 heterocycles. The van der Waals surface area contributed by atoms with E-state index in [4.69, 9.17) is 20.8 Å². The average molecular weight is 366 g/mol. The minimum Gasteiger partial charge on any atom is -0.497 e. The molecule has 0 bridgehead atoms. The van der Waals surface area contributed by atoms with E-state index in [9.17, 15) is 4.79 Å². The van der Waals surface area contributed by atoms with Crippen molar-refractivity contribution in [1.29, 1.82) is 0 Å². The fourth-order valence-corrected chi connectivity index (χ4v) is 2.93. The second kappa shape index (κ2) is 5.54. The smallest absolute Gasteiger partial charge is 0.193 e. The van der Waals surface area contributed by atoms with E-state index in [1.807, 2.05) is 24.3 Å². The summed E-state index contributed by atoms with van der Waals surface area (Å²) in [5, 5.41) is 0.846. The maximum absolute atomic E-state index is 12.2. The Hall–Kier alpha value is -1.78. The summed E-state index contributed by atoms with van der Waals surface area (Å²) in [6.45, 7) is 0. The highest BCUT2D eigenvalue weighted by molar-refractivity contribution is 9.10. The Labute approximate surface area is 134 Å². The van der Waals surface area contributed by atoms with E-state index in [0.29, 0.717) is 21.8 Å². The third kappa shape index (κ3) is 2.69. The summed E-state index contributed by atoms with van der Waals surface area (Å²) in [7, 11) is 1.60. The van der Waals surface area contributed by atoms with Crippen LogP contribution in [0.15, 0.2) is 56.1 Å². The first-order valence-corrected chi connectivity index (χ1v) is 7.33. The van der Waals surface area contributed by atoms with Crippen molar-refractivity contribution in [3.8, 4) is 17.1 Å². The second-order valence-corrected chi connectivity index (χ2v) is 5.79. The monoisotopic (exact) mass is 364 g/mol. The van der Waals surface area contributed by atoms with Crippen LogP contribution in [0.3, 0.4) is 0 Å². The molecule has 0 saturated heterocycles. The molecule has 0 radical (unpaired) electrons. The fourth-order valence-electron chi connectivity index (χ4n) is 2.08. The molecule has 0 fully saturated rings. The molecule has 0 aliphatic rings. The van der Waals surface area contributed by atoms with Crippen LogP contribution in [0, 0.1) is 0 Å². The van der Waals surface area contributed by atoms with Gasteiger partial charge in [0.2, 0.25) is 0 Å². The van der Waals surface area contributed by atoms with Crippen LogP contribution in [0.4, 0.5) is 0 Å². The third-order valence-electron chi connectivity index (χ3n) is 3.12. The summed E-state index contributed by atoms with van der Waals surface area (Å²) in [4.78, 5) is 12.2. The Bertz CT molecular complexity index is 869. The van der Waals surface area contributed by atoms with Crippen LogP contribution < -0.4 is 10.2 Å². The van der Waals surface area contributed by atoms with E-state index >= 15 is 0 Å². The molecule has 0 spiro atoms. The first-order chi connectivity index (χ1) is 10.1. The number of fused-ring (bicyclic) bond motifs is 1. The van der Waals surface area contributed by atoms with Crippen LogP contribution in [-0.4, -0.2) is 7.11 Å². The maximum atomic E-state index is 12.2. The van der Waals surface area contributed by atoms with Crippen LogP contribution in [0.5, 0.6) is 5.75 Å². The lowest BCUT2D eigenvalue weighted by atomic mass is 10.1. The van der Waals surface area contributed by atoms with Gasteiger partial charge in [0, 0.05) is 16.1 Å². The first-order valence-electron chi connectivity index (χ1n) is 6.16. The van der Waals surface area contributed by atoms with Gasteiger partial charge in [-0.1, -0.05) is 27.5 Å². The molecule has 21 heavy (non-hydrogen) atoms. The second-order valence-electron chi connectivity index (χ2n) is 4.47. The molecule has 0 N–H and O–H groups in total. The molecular formula is C16H10BrClO3. The largest absolute Gasteiger partial charge is 0.497 e. The number of benzene rings is 2. The maximum Gasteiger partial charge on any atom is 0.193 e. The normalized spacial score (nSPS) is 10.8. The molecule has 3 rings (SSSR count). The summed E-state index contributed by atoms with van der Waals surface area (Å²) < 4.78 is 11.6. The van der Waals surface area contributed by atoms with Crippen molar-refractivity contribution >= 4 is 38.5 Å². The minimum absolute atomic E-state index is 0.134. The predicted octanol–water partition coefficient (Wildman–Crippen LogP) is 4.88. The lowest BCUT2D eigenvalue weighted by Crippen LogP contribution is -2.00. The van der Waals surface area contributed by atoms with Crippen molar-refractivity contribution in [2.24, 2.45) is 0 Å². The summed E-state index contributed by atoms with van der Waals surface area (Å²) in [6.07, 6.45) is 0. The van der Waals surface area contributed by atoms with Gasteiger partial charge in [-0.25, -0.2) is 0 Å². The van der Waals surface area contributed by atoms with Crippen LogP contribution in [-0.2, 0) is 0 Å². The molecule has 0 unspecified atom stereocenters. The van der Waals surface area contributed by atoms with E-state index < -0.39 is 0 Å². The van der Waals surface area contributed by atoms with Crippen molar-refractivity contribution < 1.29 is 9.15 Å². The van der Waals surface area contributed by atoms with Gasteiger partial charge in [-0.15, -0.1) is 0 Å². The highest BCUT2D eigenvalue weighted by Gasteiger charge is 2.11. The predicted molar refractivity (Wildman–Crippen MR) is 87.2 cm³/mol. The zero-order chi connectivity index (χ0) is 15.0. The molecule has 0 aliphatic carbocycles. The summed E-state index contributed by atoms with van der Waals surface area (Å²) in [5.41, 5.74) is 1.04. The number of rotatable bonds is 2. The zero-order valence-electron chi connectivity index (χ0n) is 11.0. The van der Waals surface area contributed by atoms with Crippen molar-refractivity contribution in [2.75, 3.05) is 7.11 Å². The SMILES string of the molecule is COc1ccc(-c2cc(=O)c3cc(Br)cc(Cl)c3o2)cc1. The van der Waals surface area contributed by atoms with Crippen molar-refractivity contribution in [3.63, 3.8) is 0 Å². The van der Waals surface area contributed by atoms with Gasteiger partial charge in [0.25, 0.3) is 0 Å². The molecule has 106 valence electrons. The van der Waals surface area contributed by atoms with E-state index in [2.05, 4.69) is 15.9 Å². The van der Waals surface area contributed by atoms with Gasteiger partial charge in [-0.3, -0.25) is 4.79 Å². The topological polar surface area (TPSA) is 39.4 Å². The lowest BCUT2D eigenvalue weighted by molar-refractivity contribution is 0.415. The Morgan fingerprint density at radius 1 is 1.14 bits per heavy atom. The van der Waals surface area contributed by atoms with Gasteiger partial charge in [-0.2, -0.15) is 0 Å². The quantitative estimate of drug-likeness (QED) is 0.649. The number of hydrogen-bond acceptors (Lipinski definition) is 3. The molecule has 0 atom stereocenters. The molecular weight excluding hydrogens is 356 g/mol. The minimum atomic E-state index is -0.134. The Balaban J connectivity index is 2.22. The molecule has 3 aromatic rings. The van der Waals surface area contributed by atoms with Crippen LogP contribution >= 0.6 is 27.5 Å². The van der Waals surface area contributed by atoms with Gasteiger partial charge < -0.3 is 9.15 Å². The summed E-state index contributed by atoms with van der Waals surface area (Å²) in [6, 6.07) is 12.1. The Morgan fingerprint density at radius 2 is 1.86 bits per heavy atom. The average Bonchev–Trinajstić information content (AvgIpc) is 2.48. The Morgan fingerprint density at radius 3 is 2.52 bits per heavy atom.